The number of benzene rings is 14. The minimum absolute atomic E-state index is 0.818. The Hall–Kier alpha value is -13.2. The van der Waals surface area contributed by atoms with Crippen molar-refractivity contribution < 1.29 is 8.83 Å². The van der Waals surface area contributed by atoms with Crippen LogP contribution in [0.15, 0.2) is 409 Å². The molecule has 466 valence electrons. The molecule has 98 heavy (non-hydrogen) atoms. The summed E-state index contributed by atoms with van der Waals surface area (Å²) in [5, 5.41) is 0. The largest absolute Gasteiger partial charge is 0.456 e. The van der Waals surface area contributed by atoms with E-state index in [-0.39, 0.29) is 0 Å². The summed E-state index contributed by atoms with van der Waals surface area (Å²) in [5.74, 6) is 3.31. The fraction of sp³-hybridized carbons (Fsp3) is 0. The van der Waals surface area contributed by atoms with Gasteiger partial charge in [-0.05, 0) is 228 Å². The Morgan fingerprint density at radius 2 is 0.245 bits per heavy atom. The first-order chi connectivity index (χ1) is 48.6. The maximum absolute atomic E-state index is 6.42. The highest BCUT2D eigenvalue weighted by atomic mass is 16.3. The van der Waals surface area contributed by atoms with Gasteiger partial charge in [0.15, 0.2) is 0 Å². The molecular formula is C92H66N4O2. The molecule has 16 rings (SSSR count). The number of furan rings is 2. The Bertz CT molecular complexity index is 4810. The minimum atomic E-state index is 0.818. The summed E-state index contributed by atoms with van der Waals surface area (Å²) in [5.41, 5.74) is 23.6. The summed E-state index contributed by atoms with van der Waals surface area (Å²) in [4.78, 5) is 9.22. The van der Waals surface area contributed by atoms with Gasteiger partial charge in [-0.25, -0.2) is 0 Å². The standard InChI is InChI=1S/C92H66N4O2/c1-7-19-73(20-8-1)89-63-65-91(97-89)75-43-59-87(60-44-75)95(83-51-35-69(36-52-83)67-31-47-81(48-32-67)93(77-23-11-3-12-24-77)78-25-13-4-14-26-78)85-55-39-71(40-56-85)72-41-57-86(58-42-72)96(88-61-45-76(46-62-88)92-66-64-90(98-92)74-21-9-2-10-22-74)84-53-37-70(38-54-84)68-33-49-82(50-34-68)94(79-27-15-5-16-28-79)80-29-17-6-18-30-80/h1-66H. The Kier molecular flexibility index (Phi) is 16.7. The van der Waals surface area contributed by atoms with Gasteiger partial charge >= 0.3 is 0 Å². The highest BCUT2D eigenvalue weighted by Gasteiger charge is 2.20. The maximum atomic E-state index is 6.42. The van der Waals surface area contributed by atoms with Crippen LogP contribution in [-0.2, 0) is 0 Å². The van der Waals surface area contributed by atoms with E-state index in [1.807, 2.05) is 48.5 Å². The Morgan fingerprint density at radius 1 is 0.112 bits per heavy atom. The van der Waals surface area contributed by atoms with E-state index in [0.717, 1.165) is 147 Å². The van der Waals surface area contributed by atoms with Crippen molar-refractivity contribution >= 4 is 68.2 Å². The molecule has 14 aromatic carbocycles. The highest BCUT2D eigenvalue weighted by molar-refractivity contribution is 5.86. The van der Waals surface area contributed by atoms with E-state index < -0.39 is 0 Å². The fourth-order valence-corrected chi connectivity index (χ4v) is 13.0. The van der Waals surface area contributed by atoms with Gasteiger partial charge in [-0.3, -0.25) is 0 Å². The van der Waals surface area contributed by atoms with Crippen molar-refractivity contribution in [2.75, 3.05) is 19.6 Å². The molecule has 16 aromatic rings. The van der Waals surface area contributed by atoms with Crippen LogP contribution in [0.4, 0.5) is 68.2 Å². The lowest BCUT2D eigenvalue weighted by atomic mass is 10.0. The van der Waals surface area contributed by atoms with Gasteiger partial charge in [0.25, 0.3) is 0 Å². The molecule has 0 N–H and O–H groups in total. The molecule has 0 aliphatic rings. The zero-order valence-corrected chi connectivity index (χ0v) is 53.7. The van der Waals surface area contributed by atoms with Gasteiger partial charge in [0.1, 0.15) is 23.0 Å². The summed E-state index contributed by atoms with van der Waals surface area (Å²) in [6, 6.07) is 141. The van der Waals surface area contributed by atoms with Gasteiger partial charge < -0.3 is 28.4 Å². The van der Waals surface area contributed by atoms with E-state index in [4.69, 9.17) is 8.83 Å². The molecule has 6 heteroatoms. The molecule has 0 aliphatic heterocycles. The van der Waals surface area contributed by atoms with Crippen molar-refractivity contribution in [3.05, 3.63) is 400 Å². The molecule has 0 saturated carbocycles. The van der Waals surface area contributed by atoms with E-state index in [9.17, 15) is 0 Å². The maximum Gasteiger partial charge on any atom is 0.134 e. The number of hydrogen-bond acceptors (Lipinski definition) is 6. The van der Waals surface area contributed by atoms with E-state index in [0.29, 0.717) is 0 Å². The second-order valence-corrected chi connectivity index (χ2v) is 24.1. The van der Waals surface area contributed by atoms with E-state index in [1.54, 1.807) is 0 Å². The summed E-state index contributed by atoms with van der Waals surface area (Å²) >= 11 is 0. The third-order valence-corrected chi connectivity index (χ3v) is 18.0. The van der Waals surface area contributed by atoms with Gasteiger partial charge in [-0.15, -0.1) is 0 Å². The van der Waals surface area contributed by atoms with Crippen LogP contribution in [0.5, 0.6) is 0 Å². The second-order valence-electron chi connectivity index (χ2n) is 24.1. The molecule has 0 spiro atoms. The predicted molar refractivity (Wildman–Crippen MR) is 408 cm³/mol. The van der Waals surface area contributed by atoms with Gasteiger partial charge in [-0.2, -0.15) is 0 Å². The molecule has 0 amide bonds. The normalized spacial score (nSPS) is 11.1. The van der Waals surface area contributed by atoms with E-state index in [2.05, 4.69) is 371 Å². The molecule has 0 atom stereocenters. The summed E-state index contributed by atoms with van der Waals surface area (Å²) < 4.78 is 12.8. The first-order valence-corrected chi connectivity index (χ1v) is 33.1. The van der Waals surface area contributed by atoms with Crippen molar-refractivity contribution in [2.24, 2.45) is 0 Å². The topological polar surface area (TPSA) is 39.2 Å². The third-order valence-electron chi connectivity index (χ3n) is 18.0. The molecule has 0 fully saturated rings. The fourth-order valence-electron chi connectivity index (χ4n) is 13.0. The lowest BCUT2D eigenvalue weighted by molar-refractivity contribution is 0.597. The Balaban J connectivity index is 0.696. The summed E-state index contributed by atoms with van der Waals surface area (Å²) in [7, 11) is 0. The van der Waals surface area contributed by atoms with Crippen molar-refractivity contribution in [3.63, 3.8) is 0 Å². The molecule has 0 aliphatic carbocycles. The average molecular weight is 1260 g/mol. The first-order valence-electron chi connectivity index (χ1n) is 33.1. The van der Waals surface area contributed by atoms with Crippen LogP contribution in [0, 0.1) is 0 Å². The van der Waals surface area contributed by atoms with E-state index >= 15 is 0 Å². The van der Waals surface area contributed by atoms with Crippen LogP contribution >= 0.6 is 0 Å². The SMILES string of the molecule is c1ccc(-c2ccc(-c3ccc(N(c4ccc(-c5ccc(N(c6ccccc6)c6ccccc6)cc5)cc4)c4ccc(-c5ccc(N(c6ccc(-c7ccc(N(c8ccccc8)c8ccccc8)cc7)cc6)c6ccc(-c7ccc(-c8ccccc8)o7)cc6)cc5)cc4)cc3)o2)cc1. The Morgan fingerprint density at radius 3 is 0.418 bits per heavy atom. The van der Waals surface area contributed by atoms with E-state index in [1.165, 1.54) is 0 Å². The summed E-state index contributed by atoms with van der Waals surface area (Å²) in [6.45, 7) is 0. The third kappa shape index (κ3) is 12.7. The zero-order chi connectivity index (χ0) is 65.4. The van der Waals surface area contributed by atoms with Crippen LogP contribution in [0.2, 0.25) is 0 Å². The van der Waals surface area contributed by atoms with Crippen LogP contribution in [0.3, 0.4) is 0 Å². The number of para-hydroxylation sites is 4. The van der Waals surface area contributed by atoms with Crippen LogP contribution in [-0.4, -0.2) is 0 Å². The van der Waals surface area contributed by atoms with Crippen molar-refractivity contribution in [3.8, 4) is 78.7 Å². The monoisotopic (exact) mass is 1260 g/mol. The zero-order valence-electron chi connectivity index (χ0n) is 53.7. The number of hydrogen-bond donors (Lipinski definition) is 0. The average Bonchev–Trinajstić information content (AvgIpc) is 1.21. The predicted octanol–water partition coefficient (Wildman–Crippen LogP) is 26.4. The molecule has 2 heterocycles. The minimum Gasteiger partial charge on any atom is -0.456 e. The lowest BCUT2D eigenvalue weighted by Gasteiger charge is -2.27. The highest BCUT2D eigenvalue weighted by Crippen LogP contribution is 2.43. The van der Waals surface area contributed by atoms with Crippen LogP contribution in [0.1, 0.15) is 0 Å². The quantitative estimate of drug-likeness (QED) is 0.0803. The van der Waals surface area contributed by atoms with Gasteiger partial charge in [0.2, 0.25) is 0 Å². The number of rotatable bonds is 19. The molecule has 0 unspecified atom stereocenters. The van der Waals surface area contributed by atoms with Crippen LogP contribution < -0.4 is 19.6 Å². The summed E-state index contributed by atoms with van der Waals surface area (Å²) in [6.07, 6.45) is 0. The Labute approximate surface area is 572 Å². The molecule has 6 nitrogen and oxygen atoms in total. The molecule has 0 saturated heterocycles. The van der Waals surface area contributed by atoms with Gasteiger partial charge in [-0.1, -0.05) is 206 Å². The molecule has 2 aromatic heterocycles. The first kappa shape index (κ1) is 59.8. The lowest BCUT2D eigenvalue weighted by Crippen LogP contribution is -2.10. The molecular weight excluding hydrogens is 1190 g/mol. The van der Waals surface area contributed by atoms with Gasteiger partial charge in [0, 0.05) is 90.5 Å². The number of anilines is 12. The molecule has 0 radical (unpaired) electrons. The number of nitrogens with zero attached hydrogens (tertiary/aromatic N) is 4. The van der Waals surface area contributed by atoms with Gasteiger partial charge in [0.05, 0.1) is 0 Å². The second kappa shape index (κ2) is 27.4. The smallest absolute Gasteiger partial charge is 0.134 e. The van der Waals surface area contributed by atoms with Crippen molar-refractivity contribution in [2.45, 2.75) is 0 Å². The molecule has 0 bridgehead atoms. The van der Waals surface area contributed by atoms with Crippen LogP contribution in [0.25, 0.3) is 78.7 Å². The van der Waals surface area contributed by atoms with Crippen molar-refractivity contribution in [1.29, 1.82) is 0 Å². The van der Waals surface area contributed by atoms with Crippen molar-refractivity contribution in [1.82, 2.24) is 0 Å².